The molecule has 1 aliphatic rings. The van der Waals surface area contributed by atoms with Crippen molar-refractivity contribution in [2.75, 3.05) is 5.32 Å². The van der Waals surface area contributed by atoms with Crippen molar-refractivity contribution in [1.29, 1.82) is 0 Å². The number of nitrogens with zero attached hydrogens (tertiary/aromatic N) is 4. The van der Waals surface area contributed by atoms with Gasteiger partial charge in [-0.2, -0.15) is 4.52 Å². The van der Waals surface area contributed by atoms with E-state index in [9.17, 15) is 0 Å². The number of aromatic nitrogens is 4. The van der Waals surface area contributed by atoms with Gasteiger partial charge in [-0.25, -0.2) is 0 Å². The highest BCUT2D eigenvalue weighted by molar-refractivity contribution is 5.59. The third-order valence-electron chi connectivity index (χ3n) is 4.21. The fourth-order valence-corrected chi connectivity index (χ4v) is 2.94. The van der Waals surface area contributed by atoms with E-state index < -0.39 is 0 Å². The summed E-state index contributed by atoms with van der Waals surface area (Å²) in [6.07, 6.45) is 3.79. The molecule has 4 rings (SSSR count). The van der Waals surface area contributed by atoms with Crippen LogP contribution in [0.15, 0.2) is 42.5 Å². The molecule has 2 atom stereocenters. The molecule has 5 nitrogen and oxygen atoms in total. The minimum atomic E-state index is 0.571. The van der Waals surface area contributed by atoms with Gasteiger partial charge in [-0.3, -0.25) is 0 Å². The fraction of sp³-hybridized carbons (Fsp3) is 0.353. The second kappa shape index (κ2) is 5.40. The molecule has 1 aliphatic carbocycles. The Kier molecular flexibility index (Phi) is 3.25. The summed E-state index contributed by atoms with van der Waals surface area (Å²) >= 11 is 0. The number of fused-ring (bicyclic) bond motifs is 1. The van der Waals surface area contributed by atoms with Gasteiger partial charge in [-0.05, 0) is 30.9 Å². The fourth-order valence-electron chi connectivity index (χ4n) is 2.94. The molecule has 0 aliphatic heterocycles. The Balaban J connectivity index is 1.63. The van der Waals surface area contributed by atoms with E-state index in [0.717, 1.165) is 28.8 Å². The van der Waals surface area contributed by atoms with E-state index in [0.29, 0.717) is 6.04 Å². The van der Waals surface area contributed by atoms with Crippen LogP contribution in [0.3, 0.4) is 0 Å². The first-order chi connectivity index (χ1) is 10.8. The van der Waals surface area contributed by atoms with Crippen LogP contribution in [-0.4, -0.2) is 25.9 Å². The smallest absolute Gasteiger partial charge is 0.185 e. The van der Waals surface area contributed by atoms with Gasteiger partial charge in [-0.1, -0.05) is 43.7 Å². The molecule has 0 radical (unpaired) electrons. The standard InChI is InChI=1S/C17H19N5/c1-2-6-13-11-14(13)18-15-9-10-16-19-20-17(22(16)21-15)12-7-4-3-5-8-12/h3-5,7-10,13-14H,2,6,11H2,1H3,(H,18,21). The molecule has 1 aromatic carbocycles. The molecular formula is C17H19N5. The van der Waals surface area contributed by atoms with Gasteiger partial charge in [0.1, 0.15) is 5.82 Å². The number of hydrogen-bond acceptors (Lipinski definition) is 4. The first-order valence-electron chi connectivity index (χ1n) is 7.89. The molecule has 2 heterocycles. The van der Waals surface area contributed by atoms with Crippen LogP contribution in [0.25, 0.3) is 17.0 Å². The zero-order valence-electron chi connectivity index (χ0n) is 12.6. The number of benzene rings is 1. The van der Waals surface area contributed by atoms with E-state index in [1.807, 2.05) is 47.0 Å². The summed E-state index contributed by atoms with van der Waals surface area (Å²) < 4.78 is 1.81. The van der Waals surface area contributed by atoms with Crippen LogP contribution in [0, 0.1) is 5.92 Å². The minimum Gasteiger partial charge on any atom is -0.366 e. The van der Waals surface area contributed by atoms with E-state index >= 15 is 0 Å². The van der Waals surface area contributed by atoms with Gasteiger partial charge < -0.3 is 5.32 Å². The van der Waals surface area contributed by atoms with Crippen molar-refractivity contribution in [3.63, 3.8) is 0 Å². The molecule has 2 unspecified atom stereocenters. The van der Waals surface area contributed by atoms with Crippen molar-refractivity contribution in [2.45, 2.75) is 32.2 Å². The summed E-state index contributed by atoms with van der Waals surface area (Å²) in [6, 6.07) is 14.6. The highest BCUT2D eigenvalue weighted by Gasteiger charge is 2.36. The van der Waals surface area contributed by atoms with Gasteiger partial charge in [-0.15, -0.1) is 15.3 Å². The lowest BCUT2D eigenvalue weighted by molar-refractivity contribution is 0.691. The molecule has 5 heteroatoms. The second-order valence-corrected chi connectivity index (χ2v) is 5.91. The monoisotopic (exact) mass is 293 g/mol. The topological polar surface area (TPSA) is 55.1 Å². The number of nitrogens with one attached hydrogen (secondary N) is 1. The van der Waals surface area contributed by atoms with Crippen LogP contribution >= 0.6 is 0 Å². The van der Waals surface area contributed by atoms with Crippen LogP contribution in [0.2, 0.25) is 0 Å². The molecule has 1 N–H and O–H groups in total. The SMILES string of the molecule is CCCC1CC1Nc1ccc2nnc(-c3ccccc3)n2n1. The van der Waals surface area contributed by atoms with Crippen molar-refractivity contribution >= 4 is 11.5 Å². The quantitative estimate of drug-likeness (QED) is 0.783. The van der Waals surface area contributed by atoms with Gasteiger partial charge >= 0.3 is 0 Å². The van der Waals surface area contributed by atoms with Crippen LogP contribution < -0.4 is 5.32 Å². The van der Waals surface area contributed by atoms with Gasteiger partial charge in [0.15, 0.2) is 11.5 Å². The molecule has 1 saturated carbocycles. The van der Waals surface area contributed by atoms with Gasteiger partial charge in [0.2, 0.25) is 0 Å². The number of hydrogen-bond donors (Lipinski definition) is 1. The average molecular weight is 293 g/mol. The molecule has 1 fully saturated rings. The summed E-state index contributed by atoms with van der Waals surface area (Å²) in [5.41, 5.74) is 1.79. The first kappa shape index (κ1) is 13.2. The van der Waals surface area contributed by atoms with Crippen molar-refractivity contribution in [3.05, 3.63) is 42.5 Å². The summed E-state index contributed by atoms with van der Waals surface area (Å²) in [5.74, 6) is 2.48. The summed E-state index contributed by atoms with van der Waals surface area (Å²) in [6.45, 7) is 2.24. The minimum absolute atomic E-state index is 0.571. The normalized spacial score (nSPS) is 20.2. The Hall–Kier alpha value is -2.43. The zero-order chi connectivity index (χ0) is 14.9. The van der Waals surface area contributed by atoms with Crippen molar-refractivity contribution in [2.24, 2.45) is 5.92 Å². The van der Waals surface area contributed by atoms with E-state index in [1.54, 1.807) is 0 Å². The van der Waals surface area contributed by atoms with Crippen LogP contribution in [0.1, 0.15) is 26.2 Å². The predicted octanol–water partition coefficient (Wildman–Crippen LogP) is 3.39. The van der Waals surface area contributed by atoms with Crippen molar-refractivity contribution in [3.8, 4) is 11.4 Å². The highest BCUT2D eigenvalue weighted by Crippen LogP contribution is 2.36. The molecule has 3 aromatic rings. The lowest BCUT2D eigenvalue weighted by Crippen LogP contribution is -2.08. The molecule has 0 spiro atoms. The van der Waals surface area contributed by atoms with E-state index in [-0.39, 0.29) is 0 Å². The van der Waals surface area contributed by atoms with Crippen LogP contribution in [-0.2, 0) is 0 Å². The van der Waals surface area contributed by atoms with Gasteiger partial charge in [0.25, 0.3) is 0 Å². The average Bonchev–Trinajstić information content (AvgIpc) is 3.13. The maximum atomic E-state index is 4.67. The second-order valence-electron chi connectivity index (χ2n) is 5.91. The Morgan fingerprint density at radius 1 is 1.14 bits per heavy atom. The van der Waals surface area contributed by atoms with Crippen LogP contribution in [0.4, 0.5) is 5.82 Å². The molecular weight excluding hydrogens is 274 g/mol. The third-order valence-corrected chi connectivity index (χ3v) is 4.21. The maximum Gasteiger partial charge on any atom is 0.185 e. The van der Waals surface area contributed by atoms with E-state index in [1.165, 1.54) is 19.3 Å². The number of anilines is 1. The van der Waals surface area contributed by atoms with Crippen LogP contribution in [0.5, 0.6) is 0 Å². The van der Waals surface area contributed by atoms with E-state index in [4.69, 9.17) is 0 Å². The Morgan fingerprint density at radius 2 is 2.00 bits per heavy atom. The first-order valence-corrected chi connectivity index (χ1v) is 7.89. The zero-order valence-corrected chi connectivity index (χ0v) is 12.6. The van der Waals surface area contributed by atoms with Gasteiger partial charge in [0.05, 0.1) is 0 Å². The van der Waals surface area contributed by atoms with E-state index in [2.05, 4.69) is 27.5 Å². The third kappa shape index (κ3) is 2.43. The molecule has 22 heavy (non-hydrogen) atoms. The highest BCUT2D eigenvalue weighted by atomic mass is 15.4. The van der Waals surface area contributed by atoms with Gasteiger partial charge in [0, 0.05) is 11.6 Å². The molecule has 2 aromatic heterocycles. The molecule has 0 amide bonds. The maximum absolute atomic E-state index is 4.67. The van der Waals surface area contributed by atoms with Crippen molar-refractivity contribution < 1.29 is 0 Å². The summed E-state index contributed by atoms with van der Waals surface area (Å²) in [4.78, 5) is 0. The summed E-state index contributed by atoms with van der Waals surface area (Å²) in [7, 11) is 0. The summed E-state index contributed by atoms with van der Waals surface area (Å²) in [5, 5.41) is 16.7. The molecule has 0 saturated heterocycles. The largest absolute Gasteiger partial charge is 0.366 e. The lowest BCUT2D eigenvalue weighted by atomic mass is 10.2. The Bertz CT molecular complexity index is 780. The lowest BCUT2D eigenvalue weighted by Gasteiger charge is -2.06. The Labute approximate surface area is 129 Å². The predicted molar refractivity (Wildman–Crippen MR) is 86.6 cm³/mol. The number of rotatable bonds is 5. The Morgan fingerprint density at radius 3 is 2.82 bits per heavy atom. The molecule has 0 bridgehead atoms. The van der Waals surface area contributed by atoms with Crippen molar-refractivity contribution in [1.82, 2.24) is 19.8 Å². The molecule has 112 valence electrons.